The van der Waals surface area contributed by atoms with Crippen LogP contribution in [0.1, 0.15) is 0 Å². The van der Waals surface area contributed by atoms with Crippen LogP contribution in [0.5, 0.6) is 0 Å². The third kappa shape index (κ3) is 0.231. The van der Waals surface area contributed by atoms with Gasteiger partial charge in [0.1, 0.15) is 0 Å². The van der Waals surface area contributed by atoms with E-state index in [1.807, 2.05) is 0 Å². The van der Waals surface area contributed by atoms with Gasteiger partial charge < -0.3 is 9.84 Å². The van der Waals surface area contributed by atoms with Crippen LogP contribution in [-0.2, 0) is 4.74 Å². The minimum absolute atomic E-state index is 0.394. The van der Waals surface area contributed by atoms with E-state index in [9.17, 15) is 0 Å². The largest absolute Gasteiger partial charge is 0.368 e. The van der Waals surface area contributed by atoms with Crippen molar-refractivity contribution in [3.05, 3.63) is 0 Å². The number of hydrogen-bond donors (Lipinski definition) is 1. The van der Waals surface area contributed by atoms with Crippen molar-refractivity contribution in [2.45, 2.75) is 6.29 Å². The lowest BCUT2D eigenvalue weighted by Crippen LogP contribution is -2.30. The Balaban J connectivity index is 1.89. The lowest BCUT2D eigenvalue weighted by molar-refractivity contribution is -0.165. The Morgan fingerprint density at radius 3 is 2.38 bits per heavy atom. The molecule has 0 radical (unpaired) electrons. The Morgan fingerprint density at radius 1 is 1.25 bits per heavy atom. The fourth-order valence-electron chi connectivity index (χ4n) is 2.16. The highest BCUT2D eigenvalue weighted by atomic mass is 16.6. The van der Waals surface area contributed by atoms with E-state index in [2.05, 4.69) is 0 Å². The first-order valence-corrected chi connectivity index (χ1v) is 3.19. The summed E-state index contributed by atoms with van der Waals surface area (Å²) < 4.78 is 5.02. The molecule has 5 atom stereocenters. The van der Waals surface area contributed by atoms with E-state index in [4.69, 9.17) is 9.84 Å². The molecule has 2 aliphatic carbocycles. The van der Waals surface area contributed by atoms with Gasteiger partial charge in [-0.25, -0.2) is 0 Å². The van der Waals surface area contributed by atoms with Crippen LogP contribution in [0.4, 0.5) is 0 Å². The third-order valence-electron chi connectivity index (χ3n) is 2.83. The van der Waals surface area contributed by atoms with Crippen molar-refractivity contribution in [3.8, 4) is 0 Å². The van der Waals surface area contributed by atoms with Gasteiger partial charge in [-0.15, -0.1) is 0 Å². The van der Waals surface area contributed by atoms with Gasteiger partial charge in [-0.05, 0) is 17.8 Å². The highest BCUT2D eigenvalue weighted by Gasteiger charge is 2.77. The van der Waals surface area contributed by atoms with Gasteiger partial charge in [0.15, 0.2) is 6.29 Å². The predicted molar refractivity (Wildman–Crippen MR) is 25.9 cm³/mol. The van der Waals surface area contributed by atoms with Gasteiger partial charge in [-0.3, -0.25) is 0 Å². The van der Waals surface area contributed by atoms with Gasteiger partial charge in [0.2, 0.25) is 0 Å². The highest BCUT2D eigenvalue weighted by molar-refractivity contribution is 5.22. The summed E-state index contributed by atoms with van der Waals surface area (Å²) in [4.78, 5) is 0. The van der Waals surface area contributed by atoms with Gasteiger partial charge in [-0.2, -0.15) is 0 Å². The number of hydrogen-bond acceptors (Lipinski definition) is 2. The first kappa shape index (κ1) is 3.85. The second-order valence-electron chi connectivity index (χ2n) is 3.12. The van der Waals surface area contributed by atoms with Crippen LogP contribution in [-0.4, -0.2) is 18.0 Å². The van der Waals surface area contributed by atoms with Gasteiger partial charge in [0.25, 0.3) is 0 Å². The minimum atomic E-state index is -0.394. The average molecular weight is 112 g/mol. The molecular weight excluding hydrogens is 104 g/mol. The standard InChI is InChI=1S/C6H8O2/c7-6-5-3-2(1-8-6)4(3)5/h2-7H,1H2/t2?,3-,4?,5?,6+/m0/s1. The zero-order valence-electron chi connectivity index (χ0n) is 4.45. The molecule has 4 fully saturated rings. The molecule has 44 valence electrons. The average Bonchev–Trinajstić information content (AvgIpc) is 2.48. The second-order valence-corrected chi connectivity index (χ2v) is 3.12. The molecule has 4 rings (SSSR count). The number of aliphatic hydroxyl groups is 1. The number of fused-ring (bicyclic) bond motifs is 2. The first-order chi connectivity index (χ1) is 3.89. The van der Waals surface area contributed by atoms with Crippen LogP contribution < -0.4 is 0 Å². The van der Waals surface area contributed by atoms with E-state index in [-0.39, 0.29) is 0 Å². The summed E-state index contributed by atoms with van der Waals surface area (Å²) in [6.07, 6.45) is -0.394. The fourth-order valence-corrected chi connectivity index (χ4v) is 2.16. The van der Waals surface area contributed by atoms with Gasteiger partial charge >= 0.3 is 0 Å². The van der Waals surface area contributed by atoms with Crippen LogP contribution in [0, 0.1) is 23.7 Å². The summed E-state index contributed by atoms with van der Waals surface area (Å²) >= 11 is 0. The number of rotatable bonds is 0. The lowest BCUT2D eigenvalue weighted by atomic mass is 10.0. The summed E-state index contributed by atoms with van der Waals surface area (Å²) in [5.41, 5.74) is 0. The van der Waals surface area contributed by atoms with Crippen molar-refractivity contribution in [1.82, 2.24) is 0 Å². The van der Waals surface area contributed by atoms with Crippen molar-refractivity contribution in [2.24, 2.45) is 23.7 Å². The molecule has 2 saturated heterocycles. The smallest absolute Gasteiger partial charge is 0.157 e. The molecule has 0 aromatic rings. The molecule has 4 aliphatic rings. The number of aliphatic hydroxyl groups excluding tert-OH is 1. The molecule has 2 nitrogen and oxygen atoms in total. The fraction of sp³-hybridized carbons (Fsp3) is 1.00. The monoisotopic (exact) mass is 112 g/mol. The predicted octanol–water partition coefficient (Wildman–Crippen LogP) is -0.173. The second kappa shape index (κ2) is 0.847. The van der Waals surface area contributed by atoms with E-state index >= 15 is 0 Å². The van der Waals surface area contributed by atoms with Gasteiger partial charge in [0, 0.05) is 5.92 Å². The van der Waals surface area contributed by atoms with Crippen LogP contribution in [0.3, 0.4) is 0 Å². The third-order valence-corrected chi connectivity index (χ3v) is 2.83. The molecule has 8 heavy (non-hydrogen) atoms. The van der Waals surface area contributed by atoms with Crippen LogP contribution in [0.15, 0.2) is 0 Å². The lowest BCUT2D eigenvalue weighted by Gasteiger charge is -2.24. The van der Waals surface area contributed by atoms with Crippen LogP contribution in [0.2, 0.25) is 0 Å². The van der Waals surface area contributed by atoms with Crippen molar-refractivity contribution in [1.29, 1.82) is 0 Å². The zero-order valence-corrected chi connectivity index (χ0v) is 4.45. The van der Waals surface area contributed by atoms with Crippen molar-refractivity contribution in [3.63, 3.8) is 0 Å². The van der Waals surface area contributed by atoms with Crippen molar-refractivity contribution in [2.75, 3.05) is 6.61 Å². The normalized spacial score (nSPS) is 73.9. The zero-order chi connectivity index (χ0) is 5.30. The number of ether oxygens (including phenoxy) is 1. The van der Waals surface area contributed by atoms with Gasteiger partial charge in [0.05, 0.1) is 6.61 Å². The Hall–Kier alpha value is -0.0800. The van der Waals surface area contributed by atoms with Crippen molar-refractivity contribution >= 4 is 0 Å². The molecule has 0 amide bonds. The SMILES string of the molecule is O[C@@H]1OCC2C3C1[C@@H]23. The highest BCUT2D eigenvalue weighted by Crippen LogP contribution is 2.76. The molecular formula is C6H8O2. The Morgan fingerprint density at radius 2 is 2.00 bits per heavy atom. The Bertz CT molecular complexity index is 135. The van der Waals surface area contributed by atoms with E-state index in [0.29, 0.717) is 5.92 Å². The molecule has 2 saturated carbocycles. The molecule has 0 aromatic heterocycles. The van der Waals surface area contributed by atoms with Gasteiger partial charge in [-0.1, -0.05) is 0 Å². The summed E-state index contributed by atoms with van der Waals surface area (Å²) in [7, 11) is 0. The first-order valence-electron chi connectivity index (χ1n) is 3.19. The van der Waals surface area contributed by atoms with E-state index in [1.54, 1.807) is 0 Å². The summed E-state index contributed by atoms with van der Waals surface area (Å²) in [5.74, 6) is 3.20. The summed E-state index contributed by atoms with van der Waals surface area (Å²) in [5, 5.41) is 9.01. The maximum absolute atomic E-state index is 9.01. The van der Waals surface area contributed by atoms with E-state index in [0.717, 1.165) is 24.4 Å². The quantitative estimate of drug-likeness (QED) is 0.471. The van der Waals surface area contributed by atoms with E-state index < -0.39 is 6.29 Å². The summed E-state index contributed by atoms with van der Waals surface area (Å²) in [6.45, 7) is 0.826. The molecule has 0 spiro atoms. The molecule has 0 aromatic carbocycles. The van der Waals surface area contributed by atoms with Crippen molar-refractivity contribution < 1.29 is 9.84 Å². The molecule has 2 aliphatic heterocycles. The maximum Gasteiger partial charge on any atom is 0.157 e. The maximum atomic E-state index is 9.01. The molecule has 1 N–H and O–H groups in total. The van der Waals surface area contributed by atoms with Crippen LogP contribution in [0.25, 0.3) is 0 Å². The Labute approximate surface area is 47.5 Å². The topological polar surface area (TPSA) is 29.5 Å². The Kier molecular flexibility index (Phi) is 0.408. The minimum Gasteiger partial charge on any atom is -0.368 e. The molecule has 3 unspecified atom stereocenters. The molecule has 2 heteroatoms. The molecule has 2 heterocycles. The molecule has 2 bridgehead atoms. The summed E-state index contributed by atoms with van der Waals surface area (Å²) in [6, 6.07) is 0. The van der Waals surface area contributed by atoms with E-state index in [1.165, 1.54) is 0 Å². The van der Waals surface area contributed by atoms with Crippen LogP contribution >= 0.6 is 0 Å².